The molecule has 0 aliphatic heterocycles. The van der Waals surface area contributed by atoms with Gasteiger partial charge in [0.25, 0.3) is 0 Å². The highest BCUT2D eigenvalue weighted by atomic mass is 16.4. The summed E-state index contributed by atoms with van der Waals surface area (Å²) in [5, 5.41) is 14.2. The Labute approximate surface area is 76.5 Å². The van der Waals surface area contributed by atoms with Crippen LogP contribution in [0.25, 0.3) is 6.08 Å². The van der Waals surface area contributed by atoms with Crippen LogP contribution in [0.15, 0.2) is 12.3 Å². The Kier molecular flexibility index (Phi) is 2.84. The van der Waals surface area contributed by atoms with E-state index in [4.69, 9.17) is 0 Å². The van der Waals surface area contributed by atoms with E-state index in [0.29, 0.717) is 0 Å². The molecule has 0 radical (unpaired) electrons. The lowest BCUT2D eigenvalue weighted by Crippen LogP contribution is -2.18. The molecular formula is C9H11N2O2-. The van der Waals surface area contributed by atoms with Gasteiger partial charge in [0.2, 0.25) is 0 Å². The van der Waals surface area contributed by atoms with Gasteiger partial charge in [0.15, 0.2) is 0 Å². The summed E-state index contributed by atoms with van der Waals surface area (Å²) in [6.07, 6.45) is 4.13. The third-order valence-corrected chi connectivity index (χ3v) is 1.84. The zero-order valence-electron chi connectivity index (χ0n) is 7.65. The van der Waals surface area contributed by atoms with Gasteiger partial charge in [-0.25, -0.2) is 0 Å². The lowest BCUT2D eigenvalue weighted by molar-refractivity contribution is -0.297. The number of hydrogen-bond acceptors (Lipinski definition) is 3. The van der Waals surface area contributed by atoms with Crippen molar-refractivity contribution >= 4 is 12.0 Å². The van der Waals surface area contributed by atoms with Crippen LogP contribution in [-0.2, 0) is 11.3 Å². The van der Waals surface area contributed by atoms with Crippen molar-refractivity contribution < 1.29 is 9.90 Å². The fourth-order valence-electron chi connectivity index (χ4n) is 1.10. The fourth-order valence-corrected chi connectivity index (χ4v) is 1.10. The number of carboxylic acid groups (broad SMARTS) is 1. The Morgan fingerprint density at radius 3 is 2.92 bits per heavy atom. The predicted molar refractivity (Wildman–Crippen MR) is 46.7 cm³/mol. The van der Waals surface area contributed by atoms with Gasteiger partial charge in [-0.2, -0.15) is 5.10 Å². The van der Waals surface area contributed by atoms with Gasteiger partial charge in [0.1, 0.15) is 0 Å². The van der Waals surface area contributed by atoms with Crippen LogP contribution in [-0.4, -0.2) is 15.7 Å². The second kappa shape index (κ2) is 3.89. The molecule has 0 aromatic carbocycles. The Balaban J connectivity index is 2.90. The van der Waals surface area contributed by atoms with E-state index in [1.54, 1.807) is 10.9 Å². The van der Waals surface area contributed by atoms with Crippen LogP contribution in [0.4, 0.5) is 0 Å². The molecule has 0 saturated carbocycles. The van der Waals surface area contributed by atoms with E-state index >= 15 is 0 Å². The highest BCUT2D eigenvalue weighted by Crippen LogP contribution is 2.08. The van der Waals surface area contributed by atoms with E-state index in [0.717, 1.165) is 23.9 Å². The van der Waals surface area contributed by atoms with Gasteiger partial charge in [-0.1, -0.05) is 0 Å². The minimum absolute atomic E-state index is 0.783. The number of carbonyl (C=O) groups excluding carboxylic acids is 1. The van der Waals surface area contributed by atoms with Gasteiger partial charge >= 0.3 is 0 Å². The van der Waals surface area contributed by atoms with Gasteiger partial charge in [-0.05, 0) is 26.0 Å². The first-order valence-electron chi connectivity index (χ1n) is 4.06. The highest BCUT2D eigenvalue weighted by molar-refractivity contribution is 5.83. The minimum atomic E-state index is -1.19. The van der Waals surface area contributed by atoms with E-state index in [-0.39, 0.29) is 0 Å². The number of nitrogens with zero attached hydrogens (tertiary/aromatic N) is 2. The standard InChI is InChI=1S/C9H12N2O2/c1-3-11-7(2)8(6-10-11)4-5-9(12)13/h4-6H,3H2,1-2H3,(H,12,13)/p-1/b5-4+. The molecule has 0 atom stereocenters. The van der Waals surface area contributed by atoms with Gasteiger partial charge < -0.3 is 9.90 Å². The first-order chi connectivity index (χ1) is 6.15. The van der Waals surface area contributed by atoms with Crippen molar-refractivity contribution in [3.8, 4) is 0 Å². The van der Waals surface area contributed by atoms with Gasteiger partial charge in [0, 0.05) is 17.8 Å². The molecule has 1 aromatic rings. The topological polar surface area (TPSA) is 58.0 Å². The van der Waals surface area contributed by atoms with Crippen molar-refractivity contribution in [2.45, 2.75) is 20.4 Å². The Bertz CT molecular complexity index is 339. The van der Waals surface area contributed by atoms with Crippen LogP contribution in [0.1, 0.15) is 18.2 Å². The Morgan fingerprint density at radius 2 is 2.46 bits per heavy atom. The average molecular weight is 179 g/mol. The fraction of sp³-hybridized carbons (Fsp3) is 0.333. The summed E-state index contributed by atoms with van der Waals surface area (Å²) >= 11 is 0. The zero-order valence-corrected chi connectivity index (χ0v) is 7.65. The molecule has 0 aliphatic carbocycles. The molecule has 70 valence electrons. The van der Waals surface area contributed by atoms with E-state index in [9.17, 15) is 9.90 Å². The van der Waals surface area contributed by atoms with Gasteiger partial charge in [-0.3, -0.25) is 4.68 Å². The summed E-state index contributed by atoms with van der Waals surface area (Å²) < 4.78 is 1.80. The summed E-state index contributed by atoms with van der Waals surface area (Å²) in [7, 11) is 0. The van der Waals surface area contributed by atoms with E-state index in [1.807, 2.05) is 13.8 Å². The maximum Gasteiger partial charge on any atom is 0.0643 e. The van der Waals surface area contributed by atoms with Crippen molar-refractivity contribution in [2.24, 2.45) is 0 Å². The molecule has 13 heavy (non-hydrogen) atoms. The summed E-state index contributed by atoms with van der Waals surface area (Å²) in [4.78, 5) is 10.1. The number of aromatic nitrogens is 2. The molecule has 1 aromatic heterocycles. The van der Waals surface area contributed by atoms with Crippen LogP contribution in [0, 0.1) is 6.92 Å². The predicted octanol–water partition coefficient (Wildman–Crippen LogP) is -0.0255. The summed E-state index contributed by atoms with van der Waals surface area (Å²) in [5.41, 5.74) is 1.77. The smallest absolute Gasteiger partial charge is 0.0643 e. The maximum absolute atomic E-state index is 10.1. The van der Waals surface area contributed by atoms with Gasteiger partial charge in [-0.15, -0.1) is 0 Å². The van der Waals surface area contributed by atoms with Gasteiger partial charge in [0.05, 0.1) is 12.2 Å². The largest absolute Gasteiger partial charge is 0.545 e. The number of rotatable bonds is 3. The van der Waals surface area contributed by atoms with Crippen LogP contribution in [0.5, 0.6) is 0 Å². The normalized spacial score (nSPS) is 10.9. The summed E-state index contributed by atoms with van der Waals surface area (Å²) in [6.45, 7) is 4.66. The second-order valence-electron chi connectivity index (χ2n) is 2.65. The molecule has 4 heteroatoms. The molecule has 1 rings (SSSR count). The first kappa shape index (κ1) is 9.51. The van der Waals surface area contributed by atoms with Crippen molar-refractivity contribution in [1.82, 2.24) is 9.78 Å². The lowest BCUT2D eigenvalue weighted by atomic mass is 10.2. The molecule has 0 N–H and O–H groups in total. The van der Waals surface area contributed by atoms with Crippen molar-refractivity contribution in [3.63, 3.8) is 0 Å². The summed E-state index contributed by atoms with van der Waals surface area (Å²) in [6, 6.07) is 0. The highest BCUT2D eigenvalue weighted by Gasteiger charge is 2.00. The molecule has 4 nitrogen and oxygen atoms in total. The number of aryl methyl sites for hydroxylation is 1. The number of hydrogen-bond donors (Lipinski definition) is 0. The molecule has 0 saturated heterocycles. The minimum Gasteiger partial charge on any atom is -0.545 e. The quantitative estimate of drug-likeness (QED) is 0.612. The third kappa shape index (κ3) is 2.18. The maximum atomic E-state index is 10.1. The molecule has 0 unspecified atom stereocenters. The van der Waals surface area contributed by atoms with Crippen LogP contribution in [0.3, 0.4) is 0 Å². The average Bonchev–Trinajstić information content (AvgIpc) is 2.43. The lowest BCUT2D eigenvalue weighted by Gasteiger charge is -1.98. The Morgan fingerprint density at radius 1 is 1.77 bits per heavy atom. The number of carboxylic acids is 1. The molecule has 0 amide bonds. The summed E-state index contributed by atoms with van der Waals surface area (Å²) in [5.74, 6) is -1.19. The molecule has 1 heterocycles. The number of aliphatic carboxylic acids is 1. The number of carbonyl (C=O) groups is 1. The van der Waals surface area contributed by atoms with E-state index < -0.39 is 5.97 Å². The van der Waals surface area contributed by atoms with Crippen molar-refractivity contribution in [1.29, 1.82) is 0 Å². The Hall–Kier alpha value is -1.58. The molecule has 0 spiro atoms. The van der Waals surface area contributed by atoms with E-state index in [2.05, 4.69) is 5.10 Å². The second-order valence-corrected chi connectivity index (χ2v) is 2.65. The van der Waals surface area contributed by atoms with Crippen molar-refractivity contribution in [2.75, 3.05) is 0 Å². The molecular weight excluding hydrogens is 168 g/mol. The zero-order chi connectivity index (χ0) is 9.84. The molecule has 0 bridgehead atoms. The molecule has 0 fully saturated rings. The van der Waals surface area contributed by atoms with Crippen LogP contribution in [0.2, 0.25) is 0 Å². The van der Waals surface area contributed by atoms with Crippen LogP contribution >= 0.6 is 0 Å². The van der Waals surface area contributed by atoms with Crippen molar-refractivity contribution in [3.05, 3.63) is 23.5 Å². The van der Waals surface area contributed by atoms with E-state index in [1.165, 1.54) is 6.08 Å². The van der Waals surface area contributed by atoms with Crippen LogP contribution < -0.4 is 5.11 Å². The molecule has 0 aliphatic rings. The SMILES string of the molecule is CCn1ncc(/C=C/C(=O)[O-])c1C. The monoisotopic (exact) mass is 179 g/mol. The third-order valence-electron chi connectivity index (χ3n) is 1.84. The first-order valence-corrected chi connectivity index (χ1v) is 4.06.